The van der Waals surface area contributed by atoms with Gasteiger partial charge in [-0.1, -0.05) is 38.1 Å². The molecule has 2 rings (SSSR count). The van der Waals surface area contributed by atoms with E-state index in [1.165, 1.54) is 12.3 Å². The summed E-state index contributed by atoms with van der Waals surface area (Å²) in [6.07, 6.45) is 1.19. The van der Waals surface area contributed by atoms with Crippen molar-refractivity contribution < 1.29 is 12.8 Å². The lowest BCUT2D eigenvalue weighted by Gasteiger charge is -2.27. The number of guanidine groups is 1. The molecule has 0 saturated heterocycles. The summed E-state index contributed by atoms with van der Waals surface area (Å²) in [6.45, 7) is 7.77. The van der Waals surface area contributed by atoms with Crippen LogP contribution in [0.3, 0.4) is 0 Å². The van der Waals surface area contributed by atoms with E-state index in [4.69, 9.17) is 0 Å². The molecule has 0 amide bonds. The Morgan fingerprint density at radius 1 is 1.10 bits per heavy atom. The first kappa shape index (κ1) is 25.4. The van der Waals surface area contributed by atoms with Crippen LogP contribution in [0.2, 0.25) is 0 Å². The Balaban J connectivity index is 0.00000420. The minimum Gasteiger partial charge on any atom is -0.357 e. The highest BCUT2D eigenvalue weighted by atomic mass is 127. The van der Waals surface area contributed by atoms with E-state index in [-0.39, 0.29) is 35.2 Å². The van der Waals surface area contributed by atoms with Crippen LogP contribution < -0.4 is 10.6 Å². The van der Waals surface area contributed by atoms with Crippen LogP contribution in [0, 0.1) is 5.82 Å². The van der Waals surface area contributed by atoms with E-state index in [2.05, 4.69) is 15.6 Å². The Kier molecular flexibility index (Phi) is 9.54. The molecule has 0 aromatic heterocycles. The average Bonchev–Trinajstić information content (AvgIpc) is 2.63. The van der Waals surface area contributed by atoms with Crippen LogP contribution >= 0.6 is 24.0 Å². The van der Waals surface area contributed by atoms with Gasteiger partial charge in [0.15, 0.2) is 15.8 Å². The third-order valence-electron chi connectivity index (χ3n) is 4.42. The van der Waals surface area contributed by atoms with E-state index in [0.29, 0.717) is 30.5 Å². The van der Waals surface area contributed by atoms with Gasteiger partial charge in [0.25, 0.3) is 0 Å². The minimum atomic E-state index is -3.20. The number of benzene rings is 2. The fourth-order valence-electron chi connectivity index (χ4n) is 2.67. The maximum absolute atomic E-state index is 13.5. The lowest BCUT2D eigenvalue weighted by molar-refractivity contribution is 0.503. The van der Waals surface area contributed by atoms with E-state index in [1.54, 1.807) is 36.4 Å². The number of hydrogen-bond donors (Lipinski definition) is 2. The lowest BCUT2D eigenvalue weighted by Crippen LogP contribution is -2.43. The average molecular weight is 533 g/mol. The number of nitrogens with one attached hydrogen (secondary N) is 2. The fourth-order valence-corrected chi connectivity index (χ4v) is 3.30. The highest BCUT2D eigenvalue weighted by molar-refractivity contribution is 14.0. The van der Waals surface area contributed by atoms with Gasteiger partial charge in [-0.25, -0.2) is 17.8 Å². The van der Waals surface area contributed by atoms with Crippen LogP contribution in [-0.2, 0) is 21.8 Å². The molecule has 0 unspecified atom stereocenters. The first-order chi connectivity index (χ1) is 13.1. The second kappa shape index (κ2) is 10.9. The topological polar surface area (TPSA) is 70.6 Å². The summed E-state index contributed by atoms with van der Waals surface area (Å²) < 4.78 is 36.6. The van der Waals surface area contributed by atoms with Crippen molar-refractivity contribution in [3.05, 3.63) is 65.5 Å². The molecular weight excluding hydrogens is 504 g/mol. The quantitative estimate of drug-likeness (QED) is 0.322. The molecule has 2 aromatic carbocycles. The summed E-state index contributed by atoms with van der Waals surface area (Å²) in [4.78, 5) is 4.85. The van der Waals surface area contributed by atoms with Crippen LogP contribution in [0.4, 0.5) is 4.39 Å². The van der Waals surface area contributed by atoms with Gasteiger partial charge in [0.1, 0.15) is 5.82 Å². The van der Waals surface area contributed by atoms with Crippen molar-refractivity contribution >= 4 is 39.8 Å². The molecule has 0 saturated carbocycles. The van der Waals surface area contributed by atoms with Crippen molar-refractivity contribution in [3.8, 4) is 0 Å². The van der Waals surface area contributed by atoms with Crippen LogP contribution in [0.25, 0.3) is 0 Å². The monoisotopic (exact) mass is 533 g/mol. The number of rotatable bonds is 7. The Bertz CT molecular complexity index is 929. The van der Waals surface area contributed by atoms with Crippen LogP contribution in [0.1, 0.15) is 31.9 Å². The summed E-state index contributed by atoms with van der Waals surface area (Å²) in [6, 6.07) is 13.3. The summed E-state index contributed by atoms with van der Waals surface area (Å²) in [5.74, 6) is 0.405. The largest absolute Gasteiger partial charge is 0.357 e. The third-order valence-corrected chi connectivity index (χ3v) is 5.55. The fraction of sp³-hybridized carbons (Fsp3) is 0.381. The SMILES string of the molecule is CCNC(=NCc1ccc(S(C)(=O)=O)cc1)NCC(C)(C)c1cccc(F)c1.I. The molecule has 0 aliphatic carbocycles. The van der Waals surface area contributed by atoms with Gasteiger partial charge in [0.05, 0.1) is 11.4 Å². The van der Waals surface area contributed by atoms with Crippen molar-refractivity contribution in [1.82, 2.24) is 10.6 Å². The number of nitrogens with zero attached hydrogens (tertiary/aromatic N) is 1. The molecule has 160 valence electrons. The molecule has 0 aliphatic rings. The predicted molar refractivity (Wildman–Crippen MR) is 127 cm³/mol. The van der Waals surface area contributed by atoms with Crippen LogP contribution in [0.15, 0.2) is 58.4 Å². The van der Waals surface area contributed by atoms with Gasteiger partial charge < -0.3 is 10.6 Å². The molecule has 0 heterocycles. The molecule has 5 nitrogen and oxygen atoms in total. The maximum Gasteiger partial charge on any atom is 0.191 e. The molecule has 0 fully saturated rings. The molecule has 2 aromatic rings. The van der Waals surface area contributed by atoms with Crippen molar-refractivity contribution in [3.63, 3.8) is 0 Å². The van der Waals surface area contributed by atoms with E-state index in [0.717, 1.165) is 11.1 Å². The highest BCUT2D eigenvalue weighted by Crippen LogP contribution is 2.22. The second-order valence-corrected chi connectivity index (χ2v) is 9.37. The number of sulfone groups is 1. The first-order valence-electron chi connectivity index (χ1n) is 9.19. The van der Waals surface area contributed by atoms with Gasteiger partial charge in [-0.2, -0.15) is 0 Å². The molecule has 29 heavy (non-hydrogen) atoms. The summed E-state index contributed by atoms with van der Waals surface area (Å²) in [7, 11) is -3.20. The van der Waals surface area contributed by atoms with Gasteiger partial charge in [-0.05, 0) is 42.3 Å². The van der Waals surface area contributed by atoms with Crippen LogP contribution in [0.5, 0.6) is 0 Å². The van der Waals surface area contributed by atoms with Gasteiger partial charge in [-0.3, -0.25) is 0 Å². The smallest absolute Gasteiger partial charge is 0.191 e. The Morgan fingerprint density at radius 3 is 2.31 bits per heavy atom. The number of aliphatic imine (C=N–C) groups is 1. The van der Waals surface area contributed by atoms with Gasteiger partial charge in [0, 0.05) is 24.8 Å². The van der Waals surface area contributed by atoms with Crippen molar-refractivity contribution in [1.29, 1.82) is 0 Å². The predicted octanol–water partition coefficient (Wildman–Crippen LogP) is 3.88. The van der Waals surface area contributed by atoms with Crippen molar-refractivity contribution in [2.45, 2.75) is 37.6 Å². The standard InChI is InChI=1S/C21H28FN3O2S.HI/c1-5-23-20(24-14-16-9-11-19(12-10-16)28(4,26)27)25-15-21(2,3)17-7-6-8-18(22)13-17;/h6-13H,5,14-15H2,1-4H3,(H2,23,24,25);1H. The zero-order valence-electron chi connectivity index (χ0n) is 17.2. The molecule has 0 spiro atoms. The van der Waals surface area contributed by atoms with Crippen LogP contribution in [-0.4, -0.2) is 33.7 Å². The molecule has 0 atom stereocenters. The van der Waals surface area contributed by atoms with E-state index in [1.807, 2.05) is 26.8 Å². The summed E-state index contributed by atoms with van der Waals surface area (Å²) in [5.41, 5.74) is 1.54. The number of hydrogen-bond acceptors (Lipinski definition) is 3. The highest BCUT2D eigenvalue weighted by Gasteiger charge is 2.21. The molecule has 0 radical (unpaired) electrons. The Labute approximate surface area is 190 Å². The van der Waals surface area contributed by atoms with E-state index in [9.17, 15) is 12.8 Å². The minimum absolute atomic E-state index is 0. The Morgan fingerprint density at radius 2 is 1.76 bits per heavy atom. The molecule has 2 N–H and O–H groups in total. The Hall–Kier alpha value is -1.68. The third kappa shape index (κ3) is 7.93. The lowest BCUT2D eigenvalue weighted by atomic mass is 9.84. The van der Waals surface area contributed by atoms with Gasteiger partial charge in [-0.15, -0.1) is 24.0 Å². The molecule has 0 aliphatic heterocycles. The van der Waals surface area contributed by atoms with E-state index < -0.39 is 9.84 Å². The zero-order valence-corrected chi connectivity index (χ0v) is 20.3. The normalized spacial score (nSPS) is 12.2. The van der Waals surface area contributed by atoms with Crippen molar-refractivity contribution in [2.24, 2.45) is 4.99 Å². The summed E-state index contributed by atoms with van der Waals surface area (Å²) in [5, 5.41) is 6.50. The van der Waals surface area contributed by atoms with Crippen molar-refractivity contribution in [2.75, 3.05) is 19.3 Å². The zero-order chi connectivity index (χ0) is 20.8. The molecular formula is C21H29FIN3O2S. The van der Waals surface area contributed by atoms with Gasteiger partial charge >= 0.3 is 0 Å². The maximum atomic E-state index is 13.5. The van der Waals surface area contributed by atoms with Gasteiger partial charge in [0.2, 0.25) is 0 Å². The first-order valence-corrected chi connectivity index (χ1v) is 11.1. The molecule has 8 heteroatoms. The second-order valence-electron chi connectivity index (χ2n) is 7.36. The summed E-state index contributed by atoms with van der Waals surface area (Å²) >= 11 is 0. The van der Waals surface area contributed by atoms with E-state index >= 15 is 0 Å². The molecule has 0 bridgehead atoms. The number of halogens is 2.